The van der Waals surface area contributed by atoms with E-state index in [1.807, 2.05) is 0 Å². The van der Waals surface area contributed by atoms with Gasteiger partial charge in [-0.25, -0.2) is 9.13 Å². The average molecular weight is 1380 g/mol. The van der Waals surface area contributed by atoms with Crippen molar-refractivity contribution in [1.82, 2.24) is 0 Å². The van der Waals surface area contributed by atoms with Crippen molar-refractivity contribution in [3.05, 3.63) is 24.3 Å². The summed E-state index contributed by atoms with van der Waals surface area (Å²) in [5.41, 5.74) is 0. The second-order valence-corrected chi connectivity index (χ2v) is 30.5. The van der Waals surface area contributed by atoms with Gasteiger partial charge in [-0.15, -0.1) is 0 Å². The Morgan fingerprint density at radius 1 is 0.351 bits per heavy atom. The van der Waals surface area contributed by atoms with Crippen LogP contribution in [0.3, 0.4) is 0 Å². The Balaban J connectivity index is 5.22. The van der Waals surface area contributed by atoms with Crippen molar-refractivity contribution in [3.63, 3.8) is 0 Å². The van der Waals surface area contributed by atoms with Crippen molar-refractivity contribution in [2.75, 3.05) is 39.6 Å². The highest BCUT2D eigenvalue weighted by Crippen LogP contribution is 2.45. The van der Waals surface area contributed by atoms with Gasteiger partial charge >= 0.3 is 39.5 Å². The second kappa shape index (κ2) is 65.2. The molecule has 0 radical (unpaired) electrons. The second-order valence-electron chi connectivity index (χ2n) is 27.5. The number of carbonyl (C=O) groups is 4. The summed E-state index contributed by atoms with van der Waals surface area (Å²) in [4.78, 5) is 72.7. The molecule has 3 unspecified atom stereocenters. The molecule has 0 aromatic carbocycles. The molecule has 0 aliphatic rings. The van der Waals surface area contributed by atoms with Gasteiger partial charge in [-0.2, -0.15) is 0 Å². The molecule has 3 N–H and O–H groups in total. The molecule has 0 fully saturated rings. The Kier molecular flexibility index (Phi) is 63.5. The molecule has 0 aliphatic heterocycles. The maximum atomic E-state index is 13.0. The number of unbranched alkanes of at least 4 members (excludes halogenated alkanes) is 35. The summed E-state index contributed by atoms with van der Waals surface area (Å²) in [6.07, 6.45) is 53.7. The maximum absolute atomic E-state index is 13.0. The highest BCUT2D eigenvalue weighted by Gasteiger charge is 2.30. The third kappa shape index (κ3) is 66.8. The first-order chi connectivity index (χ1) is 45.3. The van der Waals surface area contributed by atoms with Crippen molar-refractivity contribution in [1.29, 1.82) is 0 Å². The highest BCUT2D eigenvalue weighted by atomic mass is 31.2. The molecule has 94 heavy (non-hydrogen) atoms. The molecule has 0 saturated heterocycles. The summed E-state index contributed by atoms with van der Waals surface area (Å²) in [6.45, 7) is 11.7. The molecule has 19 heteroatoms. The lowest BCUT2D eigenvalue weighted by Crippen LogP contribution is -2.30. The van der Waals surface area contributed by atoms with Gasteiger partial charge in [-0.05, 0) is 69.1 Å². The summed E-state index contributed by atoms with van der Waals surface area (Å²) in [5.74, 6) is 0.0755. The molecule has 0 bridgehead atoms. The molecule has 0 aromatic rings. The molecule has 0 saturated carbocycles. The summed E-state index contributed by atoms with van der Waals surface area (Å²) in [5, 5.41) is 10.6. The van der Waals surface area contributed by atoms with Crippen molar-refractivity contribution in [3.8, 4) is 0 Å². The number of aliphatic hydroxyl groups is 1. The molecule has 0 heterocycles. The predicted molar refractivity (Wildman–Crippen MR) is 381 cm³/mol. The van der Waals surface area contributed by atoms with E-state index < -0.39 is 97.5 Å². The Bertz CT molecular complexity index is 1930. The molecule has 6 atom stereocenters. The number of phosphoric acid groups is 2. The topological polar surface area (TPSA) is 237 Å². The van der Waals surface area contributed by atoms with Crippen molar-refractivity contribution >= 4 is 39.5 Å². The number of rotatable bonds is 71. The third-order valence-corrected chi connectivity index (χ3v) is 19.0. The lowest BCUT2D eigenvalue weighted by atomic mass is 10.00. The first kappa shape index (κ1) is 91.5. The predicted octanol–water partition coefficient (Wildman–Crippen LogP) is 21.3. The van der Waals surface area contributed by atoms with Gasteiger partial charge < -0.3 is 33.8 Å². The SMILES string of the molecule is CCCCCC/C=C\C=C/CCCCCCCC(=O)OC[C@H](COP(=O)(O)OC[C@@H](O)COP(=O)(O)OC[C@@H](COC(=O)CCCCCCCCC(C)CC)OC(=O)CCCCCCCCCCCCCCCCCCC(C)C)OC(=O)CCCCCCCCCC(C)C. The van der Waals surface area contributed by atoms with Crippen LogP contribution in [0, 0.1) is 17.8 Å². The smallest absolute Gasteiger partial charge is 0.462 e. The maximum Gasteiger partial charge on any atom is 0.472 e. The number of aliphatic hydroxyl groups excluding tert-OH is 1. The van der Waals surface area contributed by atoms with Crippen LogP contribution in [0.1, 0.15) is 357 Å². The number of ether oxygens (including phenoxy) is 4. The third-order valence-electron chi connectivity index (χ3n) is 17.1. The molecular formula is C75H142O17P2. The fraction of sp³-hybridized carbons (Fsp3) is 0.893. The van der Waals surface area contributed by atoms with Gasteiger partial charge in [0.05, 0.1) is 26.4 Å². The summed E-state index contributed by atoms with van der Waals surface area (Å²) >= 11 is 0. The van der Waals surface area contributed by atoms with Crippen LogP contribution in [-0.4, -0.2) is 96.7 Å². The first-order valence-corrected chi connectivity index (χ1v) is 41.2. The fourth-order valence-electron chi connectivity index (χ4n) is 10.9. The molecule has 0 aliphatic carbocycles. The average Bonchev–Trinajstić information content (AvgIpc) is 2.97. The number of hydrogen-bond donors (Lipinski definition) is 3. The first-order valence-electron chi connectivity index (χ1n) is 38.2. The zero-order chi connectivity index (χ0) is 69.4. The van der Waals surface area contributed by atoms with Gasteiger partial charge in [0.2, 0.25) is 0 Å². The molecular weight excluding hydrogens is 1230 g/mol. The quantitative estimate of drug-likeness (QED) is 0.0169. The monoisotopic (exact) mass is 1380 g/mol. The van der Waals surface area contributed by atoms with E-state index in [1.165, 1.54) is 141 Å². The Labute approximate surface area is 573 Å². The van der Waals surface area contributed by atoms with Gasteiger partial charge in [0, 0.05) is 25.7 Å². The van der Waals surface area contributed by atoms with E-state index in [0.29, 0.717) is 31.6 Å². The zero-order valence-electron chi connectivity index (χ0n) is 60.9. The number of esters is 4. The minimum Gasteiger partial charge on any atom is -0.462 e. The molecule has 17 nitrogen and oxygen atoms in total. The summed E-state index contributed by atoms with van der Waals surface area (Å²) in [6, 6.07) is 0. The van der Waals surface area contributed by atoms with Crippen LogP contribution in [0.25, 0.3) is 0 Å². The largest absolute Gasteiger partial charge is 0.472 e. The van der Waals surface area contributed by atoms with Crippen LogP contribution >= 0.6 is 15.6 Å². The Morgan fingerprint density at radius 3 is 0.947 bits per heavy atom. The van der Waals surface area contributed by atoms with E-state index in [-0.39, 0.29) is 25.7 Å². The van der Waals surface area contributed by atoms with Crippen LogP contribution in [0.5, 0.6) is 0 Å². The normalized spacial score (nSPS) is 14.6. The molecule has 0 aromatic heterocycles. The fourth-order valence-corrected chi connectivity index (χ4v) is 12.4. The van der Waals surface area contributed by atoms with Crippen molar-refractivity contribution in [2.45, 2.75) is 375 Å². The Morgan fingerprint density at radius 2 is 0.628 bits per heavy atom. The minimum absolute atomic E-state index is 0.0963. The van der Waals surface area contributed by atoms with Crippen LogP contribution in [-0.2, 0) is 65.4 Å². The van der Waals surface area contributed by atoms with Gasteiger partial charge in [-0.1, -0.05) is 304 Å². The van der Waals surface area contributed by atoms with E-state index >= 15 is 0 Å². The van der Waals surface area contributed by atoms with E-state index in [2.05, 4.69) is 72.8 Å². The number of phosphoric ester groups is 2. The molecule has 0 spiro atoms. The highest BCUT2D eigenvalue weighted by molar-refractivity contribution is 7.47. The minimum atomic E-state index is -4.96. The van der Waals surface area contributed by atoms with Gasteiger partial charge in [0.1, 0.15) is 19.3 Å². The lowest BCUT2D eigenvalue weighted by molar-refractivity contribution is -0.161. The Hall–Kier alpha value is -2.46. The summed E-state index contributed by atoms with van der Waals surface area (Å²) in [7, 11) is -9.92. The zero-order valence-corrected chi connectivity index (χ0v) is 62.7. The van der Waals surface area contributed by atoms with E-state index in [4.69, 9.17) is 37.0 Å². The van der Waals surface area contributed by atoms with Crippen molar-refractivity contribution in [2.24, 2.45) is 17.8 Å². The molecule has 0 amide bonds. The molecule has 554 valence electrons. The van der Waals surface area contributed by atoms with Gasteiger partial charge in [0.15, 0.2) is 12.2 Å². The van der Waals surface area contributed by atoms with Crippen LogP contribution in [0.4, 0.5) is 0 Å². The number of carbonyl (C=O) groups excluding carboxylic acids is 4. The van der Waals surface area contributed by atoms with Gasteiger partial charge in [0.25, 0.3) is 0 Å². The molecule has 0 rings (SSSR count). The van der Waals surface area contributed by atoms with Gasteiger partial charge in [-0.3, -0.25) is 37.3 Å². The lowest BCUT2D eigenvalue weighted by Gasteiger charge is -2.21. The van der Waals surface area contributed by atoms with E-state index in [0.717, 1.165) is 127 Å². The summed E-state index contributed by atoms with van der Waals surface area (Å²) < 4.78 is 68.4. The van der Waals surface area contributed by atoms with Crippen LogP contribution < -0.4 is 0 Å². The van der Waals surface area contributed by atoms with E-state index in [9.17, 15) is 43.2 Å². The number of hydrogen-bond acceptors (Lipinski definition) is 15. The van der Waals surface area contributed by atoms with E-state index in [1.54, 1.807) is 0 Å². The van der Waals surface area contributed by atoms with Crippen LogP contribution in [0.15, 0.2) is 24.3 Å². The van der Waals surface area contributed by atoms with Crippen molar-refractivity contribution < 1.29 is 80.2 Å². The van der Waals surface area contributed by atoms with Crippen LogP contribution in [0.2, 0.25) is 0 Å². The number of allylic oxidation sites excluding steroid dienone is 4. The standard InChI is InChI=1S/C75H142O17P2/c1-8-10-11-12-13-14-15-16-19-23-26-29-34-42-49-56-72(77)85-62-70(92-75(80)59-52-45-36-31-33-40-47-54-67(5)6)64-89-93(81,82)87-60-69(76)61-88-94(83,84)90-65-71(63-86-73(78)57-50-43-38-37-41-48-55-68(7)9-2)91-74(79)58-51-44-35-30-27-24-21-18-17-20-22-25-28-32-39-46-53-66(3)4/h14-16,19,66-71,76H,8-13,17-18,20-65H2,1-7H3,(H,81,82)(H,83,84)/b15-14-,19-16-/t68?,69-,70-,71-/m1/s1.